The zero-order valence-corrected chi connectivity index (χ0v) is 5.17. The lowest BCUT2D eigenvalue weighted by molar-refractivity contribution is 0.317. The van der Waals surface area contributed by atoms with Gasteiger partial charge in [-0.1, -0.05) is 5.16 Å². The molecule has 0 saturated heterocycles. The smallest absolute Gasteiger partial charge is 0.153 e. The number of oxime groups is 1. The number of nitrogens with zero attached hydrogens (tertiary/aromatic N) is 1. The van der Waals surface area contributed by atoms with Gasteiger partial charge in [0.15, 0.2) is 5.84 Å². The van der Waals surface area contributed by atoms with Crippen molar-refractivity contribution in [2.75, 3.05) is 6.54 Å². The molecule has 0 amide bonds. The summed E-state index contributed by atoms with van der Waals surface area (Å²) < 4.78 is 0. The van der Waals surface area contributed by atoms with E-state index >= 15 is 0 Å². The minimum absolute atomic E-state index is 0.252. The maximum Gasteiger partial charge on any atom is 0.153 e. The van der Waals surface area contributed by atoms with E-state index in [2.05, 4.69) is 10.5 Å². The summed E-state index contributed by atoms with van der Waals surface area (Å²) in [6, 6.07) is 0.616. The van der Waals surface area contributed by atoms with Crippen molar-refractivity contribution in [3.8, 4) is 0 Å². The van der Waals surface area contributed by atoms with Gasteiger partial charge in [0.2, 0.25) is 0 Å². The first-order valence-corrected chi connectivity index (χ1v) is 3.02. The molecule has 0 aromatic rings. The summed E-state index contributed by atoms with van der Waals surface area (Å²) in [5.41, 5.74) is 5.19. The van der Waals surface area contributed by atoms with Crippen LogP contribution < -0.4 is 11.1 Å². The van der Waals surface area contributed by atoms with Crippen LogP contribution in [0, 0.1) is 0 Å². The van der Waals surface area contributed by atoms with Crippen LogP contribution in [-0.4, -0.2) is 23.6 Å². The molecule has 9 heavy (non-hydrogen) atoms. The molecule has 0 atom stereocenters. The van der Waals surface area contributed by atoms with Gasteiger partial charge in [-0.2, -0.15) is 0 Å². The van der Waals surface area contributed by atoms with Crippen molar-refractivity contribution < 1.29 is 5.21 Å². The van der Waals surface area contributed by atoms with Crippen LogP contribution in [0.4, 0.5) is 0 Å². The van der Waals surface area contributed by atoms with E-state index in [0.29, 0.717) is 12.6 Å². The van der Waals surface area contributed by atoms with Gasteiger partial charge in [-0.15, -0.1) is 0 Å². The van der Waals surface area contributed by atoms with Crippen molar-refractivity contribution in [1.29, 1.82) is 0 Å². The van der Waals surface area contributed by atoms with Gasteiger partial charge in [-0.05, 0) is 12.8 Å². The fourth-order valence-electron chi connectivity index (χ4n) is 0.572. The van der Waals surface area contributed by atoms with Gasteiger partial charge in [0.1, 0.15) is 0 Å². The predicted octanol–water partition coefficient (Wildman–Crippen LogP) is -0.515. The third kappa shape index (κ3) is 2.32. The monoisotopic (exact) mass is 129 g/mol. The Labute approximate surface area is 53.7 Å². The zero-order valence-electron chi connectivity index (χ0n) is 5.17. The molecule has 0 heterocycles. The molecule has 4 N–H and O–H groups in total. The molecule has 1 saturated carbocycles. The van der Waals surface area contributed by atoms with Crippen LogP contribution >= 0.6 is 0 Å². The van der Waals surface area contributed by atoms with Crippen LogP contribution in [0.15, 0.2) is 5.16 Å². The molecule has 4 nitrogen and oxygen atoms in total. The summed E-state index contributed by atoms with van der Waals surface area (Å²) in [5.74, 6) is 0.252. The molecule has 0 spiro atoms. The van der Waals surface area contributed by atoms with E-state index in [-0.39, 0.29) is 5.84 Å². The third-order valence-electron chi connectivity index (χ3n) is 1.28. The van der Waals surface area contributed by atoms with Crippen LogP contribution in [0.2, 0.25) is 0 Å². The molecule has 4 heteroatoms. The topological polar surface area (TPSA) is 70.6 Å². The summed E-state index contributed by atoms with van der Waals surface area (Å²) in [6.45, 7) is 0.501. The van der Waals surface area contributed by atoms with Crippen molar-refractivity contribution in [1.82, 2.24) is 5.32 Å². The molecule has 0 radical (unpaired) electrons. The second-order valence-electron chi connectivity index (χ2n) is 2.25. The highest BCUT2D eigenvalue weighted by Crippen LogP contribution is 2.17. The minimum atomic E-state index is 0.252. The molecule has 1 fully saturated rings. The Morgan fingerprint density at radius 3 is 2.89 bits per heavy atom. The Morgan fingerprint density at radius 1 is 1.78 bits per heavy atom. The SMILES string of the molecule is N/C(CNC1CC1)=N\O. The molecule has 1 rings (SSSR count). The van der Waals surface area contributed by atoms with Crippen molar-refractivity contribution in [3.05, 3.63) is 0 Å². The van der Waals surface area contributed by atoms with Gasteiger partial charge in [0.05, 0.1) is 6.54 Å². The molecular formula is C5H11N3O. The number of nitrogens with two attached hydrogens (primary N) is 1. The van der Waals surface area contributed by atoms with E-state index in [9.17, 15) is 0 Å². The van der Waals surface area contributed by atoms with Gasteiger partial charge in [-0.25, -0.2) is 0 Å². The van der Waals surface area contributed by atoms with Crippen LogP contribution in [0.5, 0.6) is 0 Å². The Kier molecular flexibility index (Phi) is 1.89. The number of hydrogen-bond donors (Lipinski definition) is 3. The first-order chi connectivity index (χ1) is 4.33. The van der Waals surface area contributed by atoms with Crippen LogP contribution in [-0.2, 0) is 0 Å². The third-order valence-corrected chi connectivity index (χ3v) is 1.28. The summed E-state index contributed by atoms with van der Waals surface area (Å²) in [5, 5.41) is 14.0. The number of amidine groups is 1. The summed E-state index contributed by atoms with van der Waals surface area (Å²) >= 11 is 0. The zero-order chi connectivity index (χ0) is 6.69. The molecule has 0 aromatic heterocycles. The lowest BCUT2D eigenvalue weighted by Crippen LogP contribution is -2.30. The van der Waals surface area contributed by atoms with E-state index in [1.165, 1.54) is 12.8 Å². The largest absolute Gasteiger partial charge is 0.409 e. The quantitative estimate of drug-likeness (QED) is 0.208. The van der Waals surface area contributed by atoms with E-state index in [0.717, 1.165) is 0 Å². The van der Waals surface area contributed by atoms with Gasteiger partial charge in [0, 0.05) is 6.04 Å². The van der Waals surface area contributed by atoms with Crippen molar-refractivity contribution in [3.63, 3.8) is 0 Å². The molecular weight excluding hydrogens is 118 g/mol. The number of nitrogens with one attached hydrogen (secondary N) is 1. The van der Waals surface area contributed by atoms with Crippen molar-refractivity contribution in [2.24, 2.45) is 10.9 Å². The van der Waals surface area contributed by atoms with E-state index in [1.54, 1.807) is 0 Å². The Morgan fingerprint density at radius 2 is 2.44 bits per heavy atom. The molecule has 0 bridgehead atoms. The molecule has 1 aliphatic carbocycles. The van der Waals surface area contributed by atoms with Crippen molar-refractivity contribution >= 4 is 5.84 Å². The maximum absolute atomic E-state index is 8.09. The van der Waals surface area contributed by atoms with E-state index in [4.69, 9.17) is 10.9 Å². The summed E-state index contributed by atoms with van der Waals surface area (Å²) in [7, 11) is 0. The lowest BCUT2D eigenvalue weighted by Gasteiger charge is -1.97. The number of rotatable bonds is 3. The summed E-state index contributed by atoms with van der Waals surface area (Å²) in [6.07, 6.45) is 2.44. The van der Waals surface area contributed by atoms with E-state index in [1.807, 2.05) is 0 Å². The highest BCUT2D eigenvalue weighted by atomic mass is 16.4. The fraction of sp³-hybridized carbons (Fsp3) is 0.800. The normalized spacial score (nSPS) is 20.2. The van der Waals surface area contributed by atoms with Gasteiger partial charge < -0.3 is 16.3 Å². The Bertz CT molecular complexity index is 119. The van der Waals surface area contributed by atoms with Gasteiger partial charge in [-0.3, -0.25) is 0 Å². The highest BCUT2D eigenvalue weighted by molar-refractivity contribution is 5.81. The molecule has 0 aromatic carbocycles. The second-order valence-corrected chi connectivity index (χ2v) is 2.25. The summed E-state index contributed by atoms with van der Waals surface area (Å²) in [4.78, 5) is 0. The first-order valence-electron chi connectivity index (χ1n) is 3.02. The standard InChI is InChI=1S/C5H11N3O/c6-5(8-9)3-7-4-1-2-4/h4,7,9H,1-3H2,(H2,6,8). The lowest BCUT2D eigenvalue weighted by atomic mass is 10.5. The van der Waals surface area contributed by atoms with Crippen LogP contribution in [0.1, 0.15) is 12.8 Å². The average Bonchev–Trinajstić information content (AvgIpc) is 2.65. The molecule has 52 valence electrons. The second kappa shape index (κ2) is 2.68. The molecule has 0 unspecified atom stereocenters. The average molecular weight is 129 g/mol. The molecule has 0 aliphatic heterocycles. The first kappa shape index (κ1) is 6.35. The molecule has 1 aliphatic rings. The van der Waals surface area contributed by atoms with Gasteiger partial charge >= 0.3 is 0 Å². The highest BCUT2D eigenvalue weighted by Gasteiger charge is 2.20. The van der Waals surface area contributed by atoms with Crippen LogP contribution in [0.3, 0.4) is 0 Å². The number of hydrogen-bond acceptors (Lipinski definition) is 3. The Hall–Kier alpha value is -0.770. The predicted molar refractivity (Wildman–Crippen MR) is 34.4 cm³/mol. The minimum Gasteiger partial charge on any atom is -0.409 e. The Balaban J connectivity index is 2.03. The van der Waals surface area contributed by atoms with Crippen LogP contribution in [0.25, 0.3) is 0 Å². The van der Waals surface area contributed by atoms with E-state index < -0.39 is 0 Å². The maximum atomic E-state index is 8.09. The fourth-order valence-corrected chi connectivity index (χ4v) is 0.572. The van der Waals surface area contributed by atoms with Gasteiger partial charge in [0.25, 0.3) is 0 Å². The van der Waals surface area contributed by atoms with Crippen molar-refractivity contribution in [2.45, 2.75) is 18.9 Å².